The maximum absolute atomic E-state index is 13.3. The third kappa shape index (κ3) is 4.81. The van der Waals surface area contributed by atoms with Crippen LogP contribution in [0.4, 0.5) is 5.13 Å². The third-order valence-corrected chi connectivity index (χ3v) is 6.83. The van der Waals surface area contributed by atoms with Crippen molar-refractivity contribution >= 4 is 44.2 Å². The topological polar surface area (TPSA) is 51.0 Å². The van der Waals surface area contributed by atoms with E-state index in [1.165, 1.54) is 11.3 Å². The molecule has 1 amide bonds. The number of nitrogens with zero attached hydrogens (tertiary/aromatic N) is 4. The molecule has 0 bridgehead atoms. The number of aryl methyl sites for hydroxylation is 4. The molecule has 0 unspecified atom stereocenters. The Kier molecular flexibility index (Phi) is 6.39. The highest BCUT2D eigenvalue weighted by atomic mass is 35.5. The first-order valence-corrected chi connectivity index (χ1v) is 11.5. The van der Waals surface area contributed by atoms with Crippen molar-refractivity contribution in [2.75, 3.05) is 11.4 Å². The molecule has 4 aromatic rings. The fourth-order valence-electron chi connectivity index (χ4n) is 3.66. The maximum Gasteiger partial charge on any atom is 0.229 e. The van der Waals surface area contributed by atoms with Crippen molar-refractivity contribution in [1.82, 2.24) is 14.8 Å². The molecular weight excluding hydrogens is 428 g/mol. The zero-order valence-corrected chi connectivity index (χ0v) is 19.5. The Bertz CT molecular complexity index is 1220. The summed E-state index contributed by atoms with van der Waals surface area (Å²) in [5.74, 6) is 0.0631. The van der Waals surface area contributed by atoms with Gasteiger partial charge in [0, 0.05) is 23.7 Å². The summed E-state index contributed by atoms with van der Waals surface area (Å²) in [5.41, 5.74) is 5.02. The molecule has 2 aromatic heterocycles. The summed E-state index contributed by atoms with van der Waals surface area (Å²) < 4.78 is 2.98. The molecule has 0 N–H and O–H groups in total. The summed E-state index contributed by atoms with van der Waals surface area (Å²) in [6.45, 7) is 7.11. The van der Waals surface area contributed by atoms with Crippen molar-refractivity contribution in [2.24, 2.45) is 0 Å². The van der Waals surface area contributed by atoms with Gasteiger partial charge in [0.25, 0.3) is 0 Å². The van der Waals surface area contributed by atoms with Crippen LogP contribution in [0.3, 0.4) is 0 Å². The molecule has 0 fully saturated rings. The van der Waals surface area contributed by atoms with E-state index in [1.807, 2.05) is 61.9 Å². The molecule has 0 saturated heterocycles. The molecule has 4 rings (SSSR count). The molecule has 0 aliphatic carbocycles. The number of hydrogen-bond acceptors (Lipinski definition) is 4. The lowest BCUT2D eigenvalue weighted by atomic mass is 10.1. The number of carbonyl (C=O) groups is 1. The Morgan fingerprint density at radius 3 is 2.61 bits per heavy atom. The minimum Gasteiger partial charge on any atom is -0.286 e. The largest absolute Gasteiger partial charge is 0.286 e. The molecule has 0 spiro atoms. The SMILES string of the molecule is Cc1cc(C)n(CCN(C(=O)CCc2ccccc2)c2nc3c(C)c(Cl)ccc3s2)n1. The average molecular weight is 453 g/mol. The number of fused-ring (bicyclic) bond motifs is 1. The second kappa shape index (κ2) is 9.20. The number of thiazole rings is 1. The summed E-state index contributed by atoms with van der Waals surface area (Å²) in [6, 6.07) is 16.0. The van der Waals surface area contributed by atoms with Gasteiger partial charge in [0.2, 0.25) is 5.91 Å². The second-order valence-electron chi connectivity index (χ2n) is 7.70. The second-order valence-corrected chi connectivity index (χ2v) is 9.11. The van der Waals surface area contributed by atoms with Gasteiger partial charge in [-0.3, -0.25) is 14.4 Å². The summed E-state index contributed by atoms with van der Waals surface area (Å²) in [6.07, 6.45) is 1.13. The van der Waals surface area contributed by atoms with Crippen LogP contribution in [0.25, 0.3) is 10.2 Å². The van der Waals surface area contributed by atoms with Gasteiger partial charge in [-0.15, -0.1) is 0 Å². The molecule has 5 nitrogen and oxygen atoms in total. The molecule has 0 saturated carbocycles. The van der Waals surface area contributed by atoms with E-state index in [1.54, 1.807) is 4.90 Å². The molecule has 31 heavy (non-hydrogen) atoms. The van der Waals surface area contributed by atoms with Crippen LogP contribution < -0.4 is 4.90 Å². The van der Waals surface area contributed by atoms with Crippen LogP contribution >= 0.6 is 22.9 Å². The molecular formula is C24H25ClN4OS. The first kappa shape index (κ1) is 21.5. The van der Waals surface area contributed by atoms with Gasteiger partial charge in [-0.1, -0.05) is 53.3 Å². The Morgan fingerprint density at radius 1 is 1.13 bits per heavy atom. The summed E-state index contributed by atoms with van der Waals surface area (Å²) >= 11 is 7.82. The first-order valence-electron chi connectivity index (χ1n) is 10.3. The number of hydrogen-bond donors (Lipinski definition) is 0. The monoisotopic (exact) mass is 452 g/mol. The van der Waals surface area contributed by atoms with Gasteiger partial charge >= 0.3 is 0 Å². The van der Waals surface area contributed by atoms with E-state index in [0.29, 0.717) is 36.1 Å². The number of amides is 1. The molecule has 0 radical (unpaired) electrons. The molecule has 7 heteroatoms. The number of rotatable bonds is 7. The van der Waals surface area contributed by atoms with Crippen LogP contribution in [0.1, 0.15) is 28.9 Å². The lowest BCUT2D eigenvalue weighted by molar-refractivity contribution is -0.118. The van der Waals surface area contributed by atoms with Crippen molar-refractivity contribution in [3.05, 3.63) is 76.1 Å². The lowest BCUT2D eigenvalue weighted by Gasteiger charge is -2.20. The van der Waals surface area contributed by atoms with Gasteiger partial charge in [0.1, 0.15) is 0 Å². The van der Waals surface area contributed by atoms with Crippen molar-refractivity contribution in [2.45, 2.75) is 40.2 Å². The summed E-state index contributed by atoms with van der Waals surface area (Å²) in [4.78, 5) is 19.9. The minimum atomic E-state index is 0.0631. The Hall–Kier alpha value is -2.70. The third-order valence-electron chi connectivity index (χ3n) is 5.38. The number of halogens is 1. The highest BCUT2D eigenvalue weighted by Gasteiger charge is 2.21. The van der Waals surface area contributed by atoms with Gasteiger partial charge in [0.05, 0.1) is 22.5 Å². The van der Waals surface area contributed by atoms with Gasteiger partial charge in [-0.05, 0) is 56.5 Å². The summed E-state index contributed by atoms with van der Waals surface area (Å²) in [7, 11) is 0. The minimum absolute atomic E-state index is 0.0631. The van der Waals surface area contributed by atoms with E-state index in [4.69, 9.17) is 16.6 Å². The number of anilines is 1. The molecule has 160 valence electrons. The van der Waals surface area contributed by atoms with Crippen molar-refractivity contribution < 1.29 is 4.79 Å². The van der Waals surface area contributed by atoms with Crippen LogP contribution in [0.5, 0.6) is 0 Å². The predicted octanol–water partition coefficient (Wildman–Crippen LogP) is 5.74. The van der Waals surface area contributed by atoms with Gasteiger partial charge in [-0.25, -0.2) is 4.98 Å². The van der Waals surface area contributed by atoms with Crippen LogP contribution in [0, 0.1) is 20.8 Å². The normalized spacial score (nSPS) is 11.2. The number of carbonyl (C=O) groups excluding carboxylic acids is 1. The highest BCUT2D eigenvalue weighted by Crippen LogP contribution is 2.34. The quantitative estimate of drug-likeness (QED) is 0.359. The van der Waals surface area contributed by atoms with E-state index in [2.05, 4.69) is 17.2 Å². The zero-order valence-electron chi connectivity index (χ0n) is 17.9. The van der Waals surface area contributed by atoms with E-state index < -0.39 is 0 Å². The Morgan fingerprint density at radius 2 is 1.90 bits per heavy atom. The van der Waals surface area contributed by atoms with Gasteiger partial charge < -0.3 is 0 Å². The molecule has 0 atom stereocenters. The standard InChI is InChI=1S/C24H25ClN4OS/c1-16-15-17(2)29(27-16)14-13-28(22(30)12-9-19-7-5-4-6-8-19)24-26-23-18(3)20(25)10-11-21(23)31-24/h4-8,10-11,15H,9,12-14H2,1-3H3. The number of benzene rings is 2. The van der Waals surface area contributed by atoms with Crippen LogP contribution in [-0.4, -0.2) is 27.2 Å². The maximum atomic E-state index is 13.3. The fourth-order valence-corrected chi connectivity index (χ4v) is 4.88. The van der Waals surface area contributed by atoms with Crippen molar-refractivity contribution in [1.29, 1.82) is 0 Å². The van der Waals surface area contributed by atoms with Crippen LogP contribution in [-0.2, 0) is 17.8 Å². The smallest absolute Gasteiger partial charge is 0.229 e. The van der Waals surface area contributed by atoms with E-state index in [0.717, 1.165) is 32.7 Å². The molecule has 2 aromatic carbocycles. The number of aromatic nitrogens is 3. The molecule has 0 aliphatic heterocycles. The van der Waals surface area contributed by atoms with Crippen LogP contribution in [0.2, 0.25) is 5.02 Å². The molecule has 2 heterocycles. The average Bonchev–Trinajstić information content (AvgIpc) is 3.33. The fraction of sp³-hybridized carbons (Fsp3) is 0.292. The summed E-state index contributed by atoms with van der Waals surface area (Å²) in [5, 5.41) is 5.94. The van der Waals surface area contributed by atoms with E-state index in [-0.39, 0.29) is 5.91 Å². The Balaban J connectivity index is 1.60. The first-order chi connectivity index (χ1) is 14.9. The molecule has 0 aliphatic rings. The van der Waals surface area contributed by atoms with E-state index in [9.17, 15) is 4.79 Å². The van der Waals surface area contributed by atoms with Crippen LogP contribution in [0.15, 0.2) is 48.5 Å². The van der Waals surface area contributed by atoms with Gasteiger partial charge in [0.15, 0.2) is 5.13 Å². The van der Waals surface area contributed by atoms with Crippen molar-refractivity contribution in [3.63, 3.8) is 0 Å². The highest BCUT2D eigenvalue weighted by molar-refractivity contribution is 7.22. The lowest BCUT2D eigenvalue weighted by Crippen LogP contribution is -2.34. The van der Waals surface area contributed by atoms with Gasteiger partial charge in [-0.2, -0.15) is 5.10 Å². The van der Waals surface area contributed by atoms with E-state index >= 15 is 0 Å². The predicted molar refractivity (Wildman–Crippen MR) is 128 cm³/mol. The zero-order chi connectivity index (χ0) is 22.0. The van der Waals surface area contributed by atoms with Crippen molar-refractivity contribution in [3.8, 4) is 0 Å². The Labute approximate surface area is 191 Å².